The Morgan fingerprint density at radius 3 is 2.89 bits per heavy atom. The van der Waals surface area contributed by atoms with Crippen LogP contribution in [0.25, 0.3) is 0 Å². The van der Waals surface area contributed by atoms with E-state index in [2.05, 4.69) is 25.9 Å². The molecule has 0 saturated carbocycles. The number of methoxy groups -OCH3 is 1. The van der Waals surface area contributed by atoms with Crippen LogP contribution in [0.2, 0.25) is 0 Å². The Balaban J connectivity index is 2.34. The molecule has 5 nitrogen and oxygen atoms in total. The van der Waals surface area contributed by atoms with Crippen LogP contribution in [-0.4, -0.2) is 17.1 Å². The highest BCUT2D eigenvalue weighted by atomic mass is 127. The molecule has 2 aromatic rings. The van der Waals surface area contributed by atoms with Gasteiger partial charge in [-0.05, 0) is 56.7 Å². The van der Waals surface area contributed by atoms with Crippen LogP contribution in [0.5, 0.6) is 17.4 Å². The summed E-state index contributed by atoms with van der Waals surface area (Å²) in [6, 6.07) is 5.28. The van der Waals surface area contributed by atoms with Crippen LogP contribution in [0.4, 0.5) is 0 Å². The summed E-state index contributed by atoms with van der Waals surface area (Å²) in [5.74, 6) is 1.54. The van der Waals surface area contributed by atoms with Crippen molar-refractivity contribution in [3.63, 3.8) is 0 Å². The van der Waals surface area contributed by atoms with E-state index in [-0.39, 0.29) is 11.4 Å². The molecule has 7 heteroatoms. The molecule has 1 aromatic heterocycles. The number of benzene rings is 1. The molecule has 0 unspecified atom stereocenters. The summed E-state index contributed by atoms with van der Waals surface area (Å²) >= 11 is 5.25. The molecular formula is C11H8BrIN2O3. The molecule has 0 amide bonds. The second-order valence-corrected chi connectivity index (χ2v) is 5.18. The number of aromatic amines is 1. The number of halogens is 2. The summed E-state index contributed by atoms with van der Waals surface area (Å²) in [5.41, 5.74) is -0.231. The average molecular weight is 423 g/mol. The molecule has 94 valence electrons. The molecule has 0 aliphatic heterocycles. The highest BCUT2D eigenvalue weighted by Crippen LogP contribution is 2.32. The maximum atomic E-state index is 11.4. The van der Waals surface area contributed by atoms with Crippen molar-refractivity contribution in [1.82, 2.24) is 9.97 Å². The van der Waals surface area contributed by atoms with Gasteiger partial charge in [-0.1, -0.05) is 0 Å². The number of nitrogens with one attached hydrogen (secondary N) is 1. The number of ether oxygens (including phenoxy) is 2. The van der Waals surface area contributed by atoms with Crippen LogP contribution in [0.1, 0.15) is 0 Å². The van der Waals surface area contributed by atoms with Gasteiger partial charge in [0.1, 0.15) is 15.1 Å². The lowest BCUT2D eigenvalue weighted by Crippen LogP contribution is -2.11. The highest BCUT2D eigenvalue weighted by molar-refractivity contribution is 14.1. The van der Waals surface area contributed by atoms with Crippen LogP contribution < -0.4 is 15.0 Å². The van der Waals surface area contributed by atoms with Crippen molar-refractivity contribution in [3.05, 3.63) is 42.9 Å². The van der Waals surface area contributed by atoms with E-state index in [0.29, 0.717) is 15.1 Å². The molecule has 0 aliphatic carbocycles. The van der Waals surface area contributed by atoms with Gasteiger partial charge in [0.2, 0.25) is 5.88 Å². The predicted octanol–water partition coefficient (Wildman–Crippen LogP) is 2.94. The Hall–Kier alpha value is -1.09. The lowest BCUT2D eigenvalue weighted by atomic mass is 10.3. The summed E-state index contributed by atoms with van der Waals surface area (Å²) in [6.07, 6.45) is 1.30. The molecule has 0 aliphatic rings. The molecule has 2 rings (SSSR count). The van der Waals surface area contributed by atoms with Gasteiger partial charge in [-0.15, -0.1) is 0 Å². The van der Waals surface area contributed by atoms with Crippen LogP contribution in [-0.2, 0) is 0 Å². The van der Waals surface area contributed by atoms with Crippen molar-refractivity contribution in [2.75, 3.05) is 7.11 Å². The second-order valence-electron chi connectivity index (χ2n) is 3.25. The van der Waals surface area contributed by atoms with Gasteiger partial charge in [0, 0.05) is 0 Å². The second kappa shape index (κ2) is 5.70. The third-order valence-electron chi connectivity index (χ3n) is 2.11. The minimum absolute atomic E-state index is 0.231. The average Bonchev–Trinajstić information content (AvgIpc) is 2.37. The van der Waals surface area contributed by atoms with Crippen molar-refractivity contribution in [2.45, 2.75) is 0 Å². The zero-order valence-electron chi connectivity index (χ0n) is 9.24. The Morgan fingerprint density at radius 2 is 2.22 bits per heavy atom. The van der Waals surface area contributed by atoms with Gasteiger partial charge < -0.3 is 14.5 Å². The summed E-state index contributed by atoms with van der Waals surface area (Å²) in [5, 5.41) is 0. The Morgan fingerprint density at radius 1 is 1.44 bits per heavy atom. The zero-order valence-corrected chi connectivity index (χ0v) is 13.0. The van der Waals surface area contributed by atoms with E-state index in [4.69, 9.17) is 9.47 Å². The largest absolute Gasteiger partial charge is 0.497 e. The van der Waals surface area contributed by atoms with Crippen molar-refractivity contribution in [1.29, 1.82) is 0 Å². The summed E-state index contributed by atoms with van der Waals surface area (Å²) < 4.78 is 11.8. The van der Waals surface area contributed by atoms with Crippen LogP contribution in [0.3, 0.4) is 0 Å². The first-order valence-electron chi connectivity index (χ1n) is 4.86. The fourth-order valence-corrected chi connectivity index (χ4v) is 2.08. The normalized spacial score (nSPS) is 10.2. The maximum absolute atomic E-state index is 11.4. The van der Waals surface area contributed by atoms with E-state index in [0.717, 1.165) is 4.47 Å². The number of nitrogens with zero attached hydrogens (tertiary/aromatic N) is 1. The van der Waals surface area contributed by atoms with Crippen molar-refractivity contribution in [2.24, 2.45) is 0 Å². The summed E-state index contributed by atoms with van der Waals surface area (Å²) in [4.78, 5) is 17.9. The van der Waals surface area contributed by atoms with E-state index < -0.39 is 0 Å². The maximum Gasteiger partial charge on any atom is 0.268 e. The van der Waals surface area contributed by atoms with Gasteiger partial charge in [0.05, 0.1) is 17.9 Å². The van der Waals surface area contributed by atoms with Crippen molar-refractivity contribution < 1.29 is 9.47 Å². The molecule has 18 heavy (non-hydrogen) atoms. The quantitative estimate of drug-likeness (QED) is 0.772. The number of aromatic nitrogens is 2. The fourth-order valence-electron chi connectivity index (χ4n) is 1.23. The highest BCUT2D eigenvalue weighted by Gasteiger charge is 2.10. The number of hydrogen-bond donors (Lipinski definition) is 1. The SMILES string of the molecule is COc1ccc(Oc2nc[nH]c(=O)c2I)c(Br)c1. The number of hydrogen-bond acceptors (Lipinski definition) is 4. The van der Waals surface area contributed by atoms with Crippen molar-refractivity contribution in [3.8, 4) is 17.4 Å². The van der Waals surface area contributed by atoms with E-state index >= 15 is 0 Å². The summed E-state index contributed by atoms with van der Waals surface area (Å²) in [6.45, 7) is 0. The molecule has 1 N–H and O–H groups in total. The number of rotatable bonds is 3. The molecule has 0 atom stereocenters. The third kappa shape index (κ3) is 2.83. The van der Waals surface area contributed by atoms with E-state index in [1.807, 2.05) is 22.6 Å². The number of H-pyrrole nitrogens is 1. The molecule has 0 spiro atoms. The van der Waals surface area contributed by atoms with Crippen molar-refractivity contribution >= 4 is 38.5 Å². The monoisotopic (exact) mass is 422 g/mol. The molecule has 0 saturated heterocycles. The lowest BCUT2D eigenvalue weighted by molar-refractivity contribution is 0.411. The third-order valence-corrected chi connectivity index (χ3v) is 3.68. The van der Waals surface area contributed by atoms with Crippen LogP contribution >= 0.6 is 38.5 Å². The smallest absolute Gasteiger partial charge is 0.268 e. The minimum atomic E-state index is -0.231. The van der Waals surface area contributed by atoms with E-state index in [9.17, 15) is 4.79 Å². The molecule has 1 aromatic carbocycles. The first kappa shape index (κ1) is 13.3. The molecule has 1 heterocycles. The Bertz CT molecular complexity index is 630. The molecule has 0 bridgehead atoms. The van der Waals surface area contributed by atoms with Gasteiger partial charge >= 0.3 is 0 Å². The first-order chi connectivity index (χ1) is 8.61. The fraction of sp³-hybridized carbons (Fsp3) is 0.0909. The van der Waals surface area contributed by atoms with Crippen LogP contribution in [0, 0.1) is 3.57 Å². The minimum Gasteiger partial charge on any atom is -0.497 e. The van der Waals surface area contributed by atoms with Crippen LogP contribution in [0.15, 0.2) is 33.8 Å². The van der Waals surface area contributed by atoms with E-state index in [1.165, 1.54) is 6.33 Å². The van der Waals surface area contributed by atoms with Gasteiger partial charge in [-0.3, -0.25) is 4.79 Å². The Kier molecular flexibility index (Phi) is 4.23. The molecular weight excluding hydrogens is 415 g/mol. The van der Waals surface area contributed by atoms with Gasteiger partial charge in [0.15, 0.2) is 0 Å². The van der Waals surface area contributed by atoms with Gasteiger partial charge in [0.25, 0.3) is 5.56 Å². The predicted molar refractivity (Wildman–Crippen MR) is 78.3 cm³/mol. The lowest BCUT2D eigenvalue weighted by Gasteiger charge is -2.08. The standard InChI is InChI=1S/C11H8BrIN2O3/c1-17-6-2-3-8(7(12)4-6)18-11-9(13)10(16)14-5-15-11/h2-5H,1H3,(H,14,15,16). The Labute approximate surface area is 125 Å². The zero-order chi connectivity index (χ0) is 13.1. The van der Waals surface area contributed by atoms with Gasteiger partial charge in [-0.25, -0.2) is 4.98 Å². The summed E-state index contributed by atoms with van der Waals surface area (Å²) in [7, 11) is 1.59. The molecule has 0 radical (unpaired) electrons. The van der Waals surface area contributed by atoms with Gasteiger partial charge in [-0.2, -0.15) is 0 Å². The first-order valence-corrected chi connectivity index (χ1v) is 6.73. The van der Waals surface area contributed by atoms with E-state index in [1.54, 1.807) is 25.3 Å². The molecule has 0 fully saturated rings. The topological polar surface area (TPSA) is 64.2 Å².